The van der Waals surface area contributed by atoms with Crippen LogP contribution < -0.4 is 0 Å². The van der Waals surface area contributed by atoms with E-state index in [-0.39, 0.29) is 0 Å². The van der Waals surface area contributed by atoms with Crippen molar-refractivity contribution in [3.63, 3.8) is 0 Å². The van der Waals surface area contributed by atoms with Crippen molar-refractivity contribution in [2.75, 3.05) is 0 Å². The van der Waals surface area contributed by atoms with Crippen molar-refractivity contribution in [1.29, 1.82) is 0 Å². The summed E-state index contributed by atoms with van der Waals surface area (Å²) in [7, 11) is 0. The van der Waals surface area contributed by atoms with E-state index in [4.69, 9.17) is 0 Å². The minimum absolute atomic E-state index is 0.640. The van der Waals surface area contributed by atoms with Crippen LogP contribution >= 0.6 is 0 Å². The van der Waals surface area contributed by atoms with Gasteiger partial charge in [-0.25, -0.2) is 17.6 Å². The molecule has 0 radical (unpaired) electrons. The molecule has 0 nitrogen and oxygen atoms in total. The number of halogens is 4. The third kappa shape index (κ3) is 1.95. The van der Waals surface area contributed by atoms with E-state index in [0.717, 1.165) is 0 Å². The summed E-state index contributed by atoms with van der Waals surface area (Å²) in [6.45, 7) is 0.640. The molecule has 0 aliphatic heterocycles. The molecular weight excluding hydrogens is 124 g/mol. The molecule has 0 aliphatic rings. The number of allylic oxidation sites excluding steroid dienone is 2. The zero-order chi connectivity index (χ0) is 6.73. The van der Waals surface area contributed by atoms with Crippen LogP contribution in [0.25, 0.3) is 0 Å². The zero-order valence-electron chi connectivity index (χ0n) is 4.09. The van der Waals surface area contributed by atoms with Crippen LogP contribution in [0.2, 0.25) is 0 Å². The lowest BCUT2D eigenvalue weighted by molar-refractivity contribution is 0.153. The Morgan fingerprint density at radius 3 is 1.62 bits per heavy atom. The van der Waals surface area contributed by atoms with Crippen LogP contribution in [0, 0.1) is 0 Å². The lowest BCUT2D eigenvalue weighted by atomic mass is 10.5. The van der Waals surface area contributed by atoms with Crippen LogP contribution in [-0.4, -0.2) is 6.43 Å². The Morgan fingerprint density at radius 1 is 1.25 bits per heavy atom. The fraction of sp³-hybridized carbons (Fsp3) is 0.500. The third-order valence-electron chi connectivity index (χ3n) is 0.521. The Morgan fingerprint density at radius 2 is 1.62 bits per heavy atom. The monoisotopic (exact) mass is 128 g/mol. The van der Waals surface area contributed by atoms with Gasteiger partial charge in [0, 0.05) is 0 Å². The molecule has 0 unspecified atom stereocenters. The van der Waals surface area contributed by atoms with Gasteiger partial charge in [-0.2, -0.15) is 0 Å². The van der Waals surface area contributed by atoms with Gasteiger partial charge < -0.3 is 0 Å². The second kappa shape index (κ2) is 2.69. The topological polar surface area (TPSA) is 0 Å². The molecule has 0 atom stereocenters. The fourth-order valence-corrected chi connectivity index (χ4v) is 0.150. The van der Waals surface area contributed by atoms with Crippen LogP contribution in [0.4, 0.5) is 17.6 Å². The van der Waals surface area contributed by atoms with Crippen LogP contribution in [-0.2, 0) is 0 Å². The normalized spacial score (nSPS) is 14.2. The zero-order valence-corrected chi connectivity index (χ0v) is 4.09. The summed E-state index contributed by atoms with van der Waals surface area (Å²) in [5.74, 6) is -3.44. The van der Waals surface area contributed by atoms with Gasteiger partial charge >= 0.3 is 0 Å². The summed E-state index contributed by atoms with van der Waals surface area (Å²) in [5, 5.41) is 0. The van der Waals surface area contributed by atoms with Crippen LogP contribution in [0.3, 0.4) is 0 Å². The molecule has 0 spiro atoms. The molecule has 0 saturated carbocycles. The molecule has 48 valence electrons. The van der Waals surface area contributed by atoms with Crippen molar-refractivity contribution in [3.8, 4) is 0 Å². The summed E-state index contributed by atoms with van der Waals surface area (Å²) < 4.78 is 44.8. The second-order valence-corrected chi connectivity index (χ2v) is 1.18. The molecule has 0 amide bonds. The van der Waals surface area contributed by atoms with Gasteiger partial charge in [0.2, 0.25) is 0 Å². The first-order valence-corrected chi connectivity index (χ1v) is 1.85. The average molecular weight is 128 g/mol. The van der Waals surface area contributed by atoms with E-state index < -0.39 is 18.1 Å². The van der Waals surface area contributed by atoms with E-state index >= 15 is 0 Å². The maximum absolute atomic E-state index is 11.4. The molecule has 8 heavy (non-hydrogen) atoms. The highest BCUT2D eigenvalue weighted by Gasteiger charge is 2.12. The van der Waals surface area contributed by atoms with Crippen molar-refractivity contribution < 1.29 is 17.6 Å². The van der Waals surface area contributed by atoms with E-state index in [0.29, 0.717) is 6.92 Å². The molecule has 0 fully saturated rings. The molecule has 0 aromatic rings. The van der Waals surface area contributed by atoms with E-state index in [2.05, 4.69) is 0 Å². The van der Waals surface area contributed by atoms with E-state index in [9.17, 15) is 17.6 Å². The standard InChI is InChI=1S/C4H4F4/c1-2(5)3(6)4(7)8/h4H,1H3/b3-2+. The molecule has 0 N–H and O–H groups in total. The molecule has 0 rings (SSSR count). The number of rotatable bonds is 1. The predicted molar refractivity (Wildman–Crippen MR) is 20.9 cm³/mol. The van der Waals surface area contributed by atoms with Crippen LogP contribution in [0.5, 0.6) is 0 Å². The maximum Gasteiger partial charge on any atom is 0.292 e. The number of hydrogen-bond acceptors (Lipinski definition) is 0. The van der Waals surface area contributed by atoms with Crippen molar-refractivity contribution in [3.05, 3.63) is 11.7 Å². The van der Waals surface area contributed by atoms with Gasteiger partial charge in [0.15, 0.2) is 5.83 Å². The highest BCUT2D eigenvalue weighted by atomic mass is 19.3. The Labute approximate surface area is 43.8 Å². The largest absolute Gasteiger partial charge is 0.292 e. The summed E-state index contributed by atoms with van der Waals surface area (Å²) in [4.78, 5) is 0. The molecule has 0 aromatic carbocycles. The van der Waals surface area contributed by atoms with E-state index in [1.165, 1.54) is 0 Å². The van der Waals surface area contributed by atoms with Gasteiger partial charge in [0.05, 0.1) is 0 Å². The van der Waals surface area contributed by atoms with Crippen molar-refractivity contribution in [2.45, 2.75) is 13.3 Å². The van der Waals surface area contributed by atoms with Crippen molar-refractivity contribution in [2.24, 2.45) is 0 Å². The highest BCUT2D eigenvalue weighted by Crippen LogP contribution is 2.14. The Hall–Kier alpha value is -0.540. The minimum atomic E-state index is -3.32. The predicted octanol–water partition coefficient (Wildman–Crippen LogP) is 2.42. The summed E-state index contributed by atoms with van der Waals surface area (Å²) in [6.07, 6.45) is -3.32. The van der Waals surface area contributed by atoms with Crippen LogP contribution in [0.15, 0.2) is 11.7 Å². The summed E-state index contributed by atoms with van der Waals surface area (Å²) >= 11 is 0. The summed E-state index contributed by atoms with van der Waals surface area (Å²) in [6, 6.07) is 0. The first-order valence-electron chi connectivity index (χ1n) is 1.85. The Kier molecular flexibility index (Phi) is 2.51. The van der Waals surface area contributed by atoms with Crippen molar-refractivity contribution >= 4 is 0 Å². The lowest BCUT2D eigenvalue weighted by Gasteiger charge is -1.91. The van der Waals surface area contributed by atoms with Gasteiger partial charge in [-0.1, -0.05) is 0 Å². The van der Waals surface area contributed by atoms with E-state index in [1.54, 1.807) is 0 Å². The fourth-order valence-electron chi connectivity index (χ4n) is 0.150. The highest BCUT2D eigenvalue weighted by molar-refractivity contribution is 4.98. The van der Waals surface area contributed by atoms with Crippen LogP contribution in [0.1, 0.15) is 6.92 Å². The first-order chi connectivity index (χ1) is 3.55. The third-order valence-corrected chi connectivity index (χ3v) is 0.521. The molecule has 0 heterocycles. The smallest absolute Gasteiger partial charge is 0.209 e. The van der Waals surface area contributed by atoms with Gasteiger partial charge in [-0.3, -0.25) is 0 Å². The molecular formula is C4H4F4. The van der Waals surface area contributed by atoms with Gasteiger partial charge in [-0.15, -0.1) is 0 Å². The average Bonchev–Trinajstić information content (AvgIpc) is 1.64. The second-order valence-electron chi connectivity index (χ2n) is 1.18. The SMILES string of the molecule is C/C(F)=C(\F)C(F)F. The van der Waals surface area contributed by atoms with Gasteiger partial charge in [0.1, 0.15) is 5.83 Å². The minimum Gasteiger partial charge on any atom is -0.209 e. The molecule has 4 heteroatoms. The lowest BCUT2D eigenvalue weighted by Crippen LogP contribution is -1.90. The quantitative estimate of drug-likeness (QED) is 0.475. The number of hydrogen-bond donors (Lipinski definition) is 0. The van der Waals surface area contributed by atoms with E-state index in [1.807, 2.05) is 0 Å². The molecule has 0 aromatic heterocycles. The first kappa shape index (κ1) is 7.46. The molecule has 0 aliphatic carbocycles. The Balaban J connectivity index is 4.00. The van der Waals surface area contributed by atoms with Gasteiger partial charge in [0.25, 0.3) is 6.43 Å². The summed E-state index contributed by atoms with van der Waals surface area (Å²) in [5.41, 5.74) is 0. The Bertz CT molecular complexity index is 101. The molecule has 0 bridgehead atoms. The molecule has 0 saturated heterocycles. The van der Waals surface area contributed by atoms with Crippen molar-refractivity contribution in [1.82, 2.24) is 0 Å². The number of alkyl halides is 2. The maximum atomic E-state index is 11.4. The van der Waals surface area contributed by atoms with Gasteiger partial charge in [-0.05, 0) is 6.92 Å².